The number of ether oxygens (including phenoxy) is 1. The first kappa shape index (κ1) is 13.7. The fourth-order valence-corrected chi connectivity index (χ4v) is 2.31. The van der Waals surface area contributed by atoms with Crippen molar-refractivity contribution in [2.75, 3.05) is 6.61 Å². The first-order valence-electron chi connectivity index (χ1n) is 5.93. The third-order valence-electron chi connectivity index (χ3n) is 2.61. The number of nitrogens with one attached hydrogen (secondary N) is 1. The maximum Gasteiger partial charge on any atom is 0.321 e. The number of nitrogens with zero attached hydrogens (tertiary/aromatic N) is 2. The lowest BCUT2D eigenvalue weighted by Crippen LogP contribution is -2.19. The van der Waals surface area contributed by atoms with E-state index in [9.17, 15) is 4.79 Å². The lowest BCUT2D eigenvalue weighted by molar-refractivity contribution is -0.144. The Morgan fingerprint density at radius 1 is 1.47 bits per heavy atom. The Hall–Kier alpha value is -1.69. The molecule has 1 heterocycles. The number of rotatable bonds is 4. The van der Waals surface area contributed by atoms with E-state index in [1.54, 1.807) is 13.8 Å². The van der Waals surface area contributed by atoms with Crippen LogP contribution in [0.2, 0.25) is 0 Å². The molecule has 0 bridgehead atoms. The van der Waals surface area contributed by atoms with Crippen molar-refractivity contribution in [2.45, 2.75) is 19.8 Å². The number of hydrogen-bond acceptors (Lipinski definition) is 4. The Bertz CT molecular complexity index is 583. The van der Waals surface area contributed by atoms with Crippen LogP contribution in [0.4, 0.5) is 0 Å². The van der Waals surface area contributed by atoms with Gasteiger partial charge in [-0.15, -0.1) is 0 Å². The van der Waals surface area contributed by atoms with Crippen LogP contribution in [-0.4, -0.2) is 27.8 Å². The summed E-state index contributed by atoms with van der Waals surface area (Å²) < 4.78 is 5.95. The fourth-order valence-electron chi connectivity index (χ4n) is 1.80. The third kappa shape index (κ3) is 3.01. The average Bonchev–Trinajstić information content (AvgIpc) is 2.79. The molecule has 2 aromatic rings. The molecule has 1 aromatic heterocycles. The molecule has 19 heavy (non-hydrogen) atoms. The van der Waals surface area contributed by atoms with Gasteiger partial charge < -0.3 is 4.74 Å². The van der Waals surface area contributed by atoms with E-state index in [-0.39, 0.29) is 5.97 Å². The number of carbonyl (C=O) groups excluding carboxylic acids is 1. The zero-order valence-corrected chi connectivity index (χ0v) is 12.3. The van der Waals surface area contributed by atoms with Crippen molar-refractivity contribution in [3.8, 4) is 0 Å². The van der Waals surface area contributed by atoms with Crippen molar-refractivity contribution < 1.29 is 9.53 Å². The van der Waals surface area contributed by atoms with Gasteiger partial charge in [-0.05, 0) is 25.5 Å². The normalized spacial score (nSPS) is 12.2. The standard InChI is InChI=1S/C13H14BrN3O2/c1-3-19-13(18)11(12-15-8(2)16-17-12)9-6-4-5-7-10(9)14/h4-7,11H,3H2,1-2H3,(H,15,16,17). The van der Waals surface area contributed by atoms with Gasteiger partial charge in [0.15, 0.2) is 5.82 Å². The van der Waals surface area contributed by atoms with E-state index in [0.29, 0.717) is 18.3 Å². The van der Waals surface area contributed by atoms with Crippen LogP contribution >= 0.6 is 15.9 Å². The summed E-state index contributed by atoms with van der Waals surface area (Å²) in [7, 11) is 0. The van der Waals surface area contributed by atoms with Crippen molar-refractivity contribution in [1.82, 2.24) is 15.2 Å². The average molecular weight is 324 g/mol. The highest BCUT2D eigenvalue weighted by atomic mass is 79.9. The number of hydrogen-bond donors (Lipinski definition) is 1. The lowest BCUT2D eigenvalue weighted by atomic mass is 9.98. The smallest absolute Gasteiger partial charge is 0.321 e. The first-order valence-corrected chi connectivity index (χ1v) is 6.72. The quantitative estimate of drug-likeness (QED) is 0.878. The molecule has 6 heteroatoms. The van der Waals surface area contributed by atoms with Crippen molar-refractivity contribution in [1.29, 1.82) is 0 Å². The van der Waals surface area contributed by atoms with Gasteiger partial charge in [-0.3, -0.25) is 9.89 Å². The van der Waals surface area contributed by atoms with E-state index in [1.807, 2.05) is 24.3 Å². The molecule has 0 spiro atoms. The summed E-state index contributed by atoms with van der Waals surface area (Å²) >= 11 is 3.45. The summed E-state index contributed by atoms with van der Waals surface area (Å²) in [6.45, 7) is 3.89. The molecule has 0 amide bonds. The zero-order chi connectivity index (χ0) is 13.8. The lowest BCUT2D eigenvalue weighted by Gasteiger charge is -2.14. The van der Waals surface area contributed by atoms with Gasteiger partial charge in [0.05, 0.1) is 6.61 Å². The van der Waals surface area contributed by atoms with Crippen LogP contribution in [-0.2, 0) is 9.53 Å². The predicted octanol–water partition coefficient (Wildman–Crippen LogP) is 2.57. The molecule has 100 valence electrons. The Morgan fingerprint density at radius 2 is 2.21 bits per heavy atom. The molecule has 0 radical (unpaired) electrons. The van der Waals surface area contributed by atoms with Crippen LogP contribution < -0.4 is 0 Å². The Balaban J connectivity index is 2.46. The van der Waals surface area contributed by atoms with E-state index < -0.39 is 5.92 Å². The number of aryl methyl sites for hydroxylation is 1. The summed E-state index contributed by atoms with van der Waals surface area (Å²) in [5.74, 6) is 0.105. The molecule has 0 aliphatic carbocycles. The van der Waals surface area contributed by atoms with Gasteiger partial charge in [0, 0.05) is 4.47 Å². The van der Waals surface area contributed by atoms with Gasteiger partial charge >= 0.3 is 5.97 Å². The number of carbonyl (C=O) groups is 1. The maximum absolute atomic E-state index is 12.2. The molecule has 1 aromatic carbocycles. The Kier molecular flexibility index (Phi) is 4.31. The highest BCUT2D eigenvalue weighted by molar-refractivity contribution is 9.10. The molecule has 2 rings (SSSR count). The second-order valence-corrected chi connectivity index (χ2v) is 4.84. The largest absolute Gasteiger partial charge is 0.465 e. The van der Waals surface area contributed by atoms with Crippen LogP contribution in [0.15, 0.2) is 28.7 Å². The van der Waals surface area contributed by atoms with E-state index in [4.69, 9.17) is 4.74 Å². The number of esters is 1. The second-order valence-electron chi connectivity index (χ2n) is 3.99. The number of H-pyrrole nitrogens is 1. The van der Waals surface area contributed by atoms with E-state index in [2.05, 4.69) is 31.1 Å². The van der Waals surface area contributed by atoms with Gasteiger partial charge in [0.25, 0.3) is 0 Å². The number of halogens is 1. The molecule has 0 saturated carbocycles. The molecule has 0 fully saturated rings. The molecular weight excluding hydrogens is 310 g/mol. The summed E-state index contributed by atoms with van der Waals surface area (Å²) in [6, 6.07) is 7.49. The summed E-state index contributed by atoms with van der Waals surface area (Å²) in [6.07, 6.45) is 0. The van der Waals surface area contributed by atoms with Crippen LogP contribution in [0.3, 0.4) is 0 Å². The summed E-state index contributed by atoms with van der Waals surface area (Å²) in [4.78, 5) is 16.4. The molecule has 5 nitrogen and oxygen atoms in total. The van der Waals surface area contributed by atoms with Crippen LogP contribution in [0.1, 0.15) is 30.1 Å². The first-order chi connectivity index (χ1) is 9.13. The summed E-state index contributed by atoms with van der Waals surface area (Å²) in [5, 5.41) is 6.83. The third-order valence-corrected chi connectivity index (χ3v) is 3.33. The molecule has 0 saturated heterocycles. The molecule has 0 aliphatic rings. The zero-order valence-electron chi connectivity index (χ0n) is 10.7. The van der Waals surface area contributed by atoms with Gasteiger partial charge in [0.2, 0.25) is 0 Å². The molecule has 1 N–H and O–H groups in total. The van der Waals surface area contributed by atoms with Crippen molar-refractivity contribution in [3.63, 3.8) is 0 Å². The summed E-state index contributed by atoms with van der Waals surface area (Å²) in [5.41, 5.74) is 0.792. The van der Waals surface area contributed by atoms with E-state index in [0.717, 1.165) is 10.0 Å². The minimum Gasteiger partial charge on any atom is -0.465 e. The molecule has 1 unspecified atom stereocenters. The van der Waals surface area contributed by atoms with E-state index in [1.165, 1.54) is 0 Å². The van der Waals surface area contributed by atoms with Crippen molar-refractivity contribution >= 4 is 21.9 Å². The highest BCUT2D eigenvalue weighted by Gasteiger charge is 2.29. The van der Waals surface area contributed by atoms with Gasteiger partial charge in [-0.1, -0.05) is 34.1 Å². The second kappa shape index (κ2) is 5.97. The van der Waals surface area contributed by atoms with Crippen molar-refractivity contribution in [2.24, 2.45) is 0 Å². The number of aromatic amines is 1. The fraction of sp³-hybridized carbons (Fsp3) is 0.308. The molecule has 1 atom stereocenters. The topological polar surface area (TPSA) is 67.9 Å². The van der Waals surface area contributed by atoms with Gasteiger partial charge in [0.1, 0.15) is 11.7 Å². The highest BCUT2D eigenvalue weighted by Crippen LogP contribution is 2.29. The Morgan fingerprint density at radius 3 is 2.79 bits per heavy atom. The monoisotopic (exact) mass is 323 g/mol. The van der Waals surface area contributed by atoms with Crippen molar-refractivity contribution in [3.05, 3.63) is 46.0 Å². The Labute approximate surface area is 119 Å². The molecule has 0 aliphatic heterocycles. The predicted molar refractivity (Wildman–Crippen MR) is 73.7 cm³/mol. The minimum absolute atomic E-state index is 0.323. The number of benzene rings is 1. The number of aromatic nitrogens is 3. The van der Waals surface area contributed by atoms with E-state index >= 15 is 0 Å². The van der Waals surface area contributed by atoms with Crippen LogP contribution in [0.25, 0.3) is 0 Å². The van der Waals surface area contributed by atoms with Gasteiger partial charge in [-0.2, -0.15) is 5.10 Å². The molecular formula is C13H14BrN3O2. The minimum atomic E-state index is -0.625. The SMILES string of the molecule is CCOC(=O)C(c1n[nH]c(C)n1)c1ccccc1Br. The van der Waals surface area contributed by atoms with Crippen LogP contribution in [0.5, 0.6) is 0 Å². The maximum atomic E-state index is 12.2. The van der Waals surface area contributed by atoms with Crippen LogP contribution in [0, 0.1) is 6.92 Å². The van der Waals surface area contributed by atoms with Gasteiger partial charge in [-0.25, -0.2) is 4.98 Å².